The van der Waals surface area contributed by atoms with Gasteiger partial charge >= 0.3 is 12.1 Å². The summed E-state index contributed by atoms with van der Waals surface area (Å²) in [7, 11) is 3.11. The first-order valence-electron chi connectivity index (χ1n) is 26.2. The maximum Gasteiger partial charge on any atom is 0.410 e. The summed E-state index contributed by atoms with van der Waals surface area (Å²) in [6.45, 7) is 13.4. The lowest BCUT2D eigenvalue weighted by Crippen LogP contribution is -2.60. The molecule has 0 radical (unpaired) electrons. The zero-order valence-electron chi connectivity index (χ0n) is 44.9. The molecule has 398 valence electrons. The summed E-state index contributed by atoms with van der Waals surface area (Å²) < 4.78 is 12.8. The van der Waals surface area contributed by atoms with Crippen LogP contribution in [0.1, 0.15) is 113 Å². The number of fused-ring (bicyclic) bond motifs is 3. The van der Waals surface area contributed by atoms with Crippen molar-refractivity contribution in [1.82, 2.24) is 40.5 Å². The third kappa shape index (κ3) is 12.6. The highest BCUT2D eigenvalue weighted by Crippen LogP contribution is 2.33. The lowest BCUT2D eigenvalue weighted by atomic mass is 9.85. The molecule has 16 heteroatoms. The number of likely N-dealkylation sites (tertiary alicyclic amines) is 1. The average Bonchev–Trinajstić information content (AvgIpc) is 4.02. The minimum Gasteiger partial charge on any atom is -0.444 e. The van der Waals surface area contributed by atoms with Crippen LogP contribution in [0.15, 0.2) is 109 Å². The number of aromatic nitrogens is 1. The maximum absolute atomic E-state index is 15.0. The molecule has 1 fully saturated rings. The number of hydrogen-bond donors (Lipinski definition) is 4. The van der Waals surface area contributed by atoms with Crippen molar-refractivity contribution < 1.29 is 38.2 Å². The van der Waals surface area contributed by atoms with Gasteiger partial charge in [-0.2, -0.15) is 0 Å². The van der Waals surface area contributed by atoms with Crippen LogP contribution < -0.4 is 21.3 Å². The van der Waals surface area contributed by atoms with Crippen molar-refractivity contribution in [3.63, 3.8) is 0 Å². The van der Waals surface area contributed by atoms with E-state index >= 15 is 4.79 Å². The zero-order valence-corrected chi connectivity index (χ0v) is 44.9. The lowest BCUT2D eigenvalue weighted by molar-refractivity contribution is -0.144. The van der Waals surface area contributed by atoms with Crippen molar-refractivity contribution in [2.75, 3.05) is 27.3 Å². The Hall–Kier alpha value is -7.04. The molecule has 0 bridgehead atoms. The SMILES string of the molecule is COCC(c1ccccc1)N(Cc1ccc2c(ccn2C(=O)NC2CC(C(=O)NC3CCCc4ccccc43)N(C(=O)C(NC(=O)C(C)N(C)C(=O)OC(C)(C)C)C(C)(C)C)C2)c1)C(=O)C1Cc2ccccc2CN1. The molecule has 7 unspecified atom stereocenters. The first-order valence-corrected chi connectivity index (χ1v) is 26.2. The number of nitrogens with one attached hydrogen (secondary N) is 4. The number of amides is 6. The molecular formula is C59H74N8O8. The second-order valence-corrected chi connectivity index (χ2v) is 22.4. The Balaban J connectivity index is 1.03. The van der Waals surface area contributed by atoms with Crippen molar-refractivity contribution >= 4 is 46.7 Å². The fourth-order valence-electron chi connectivity index (χ4n) is 10.6. The van der Waals surface area contributed by atoms with Gasteiger partial charge in [0.25, 0.3) is 0 Å². The monoisotopic (exact) mass is 1020 g/mol. The number of carbonyl (C=O) groups is 6. The van der Waals surface area contributed by atoms with Gasteiger partial charge in [-0.1, -0.05) is 106 Å². The predicted octanol–water partition coefficient (Wildman–Crippen LogP) is 7.58. The van der Waals surface area contributed by atoms with Crippen LogP contribution >= 0.6 is 0 Å². The topological polar surface area (TPSA) is 184 Å². The number of nitrogens with zero attached hydrogens (tertiary/aromatic N) is 4. The Kier molecular flexibility index (Phi) is 16.5. The quantitative estimate of drug-likeness (QED) is 0.0872. The highest BCUT2D eigenvalue weighted by Gasteiger charge is 2.46. The molecule has 5 aromatic rings. The Morgan fingerprint density at radius 3 is 2.24 bits per heavy atom. The standard InChI is InChI=1S/C59H74N8O8/c1-37(64(8)57(73)75-59(5,6)7)52(68)63-51(58(2,3)4)55(71)67-35-44(32-49(67)53(69)62-46-25-17-23-39-18-15-16-24-45(39)46)61-56(72)65-29-28-42-30-38(26-27-48(42)65)34-66(50(36-74-9)40-19-11-10-12-20-40)54(70)47-31-41-21-13-14-22-43(41)33-60-47/h10-16,18-22,24,26-30,37,44,46-47,49-51,60H,17,23,25,31-36H2,1-9H3,(H,61,72)(H,62,69)(H,63,68). The summed E-state index contributed by atoms with van der Waals surface area (Å²) in [4.78, 5) is 90.1. The molecule has 7 atom stereocenters. The van der Waals surface area contributed by atoms with Gasteiger partial charge in [-0.15, -0.1) is 0 Å². The number of likely N-dealkylation sites (N-methyl/N-ethyl adjacent to an activating group) is 1. The molecule has 75 heavy (non-hydrogen) atoms. The highest BCUT2D eigenvalue weighted by atomic mass is 16.6. The summed E-state index contributed by atoms with van der Waals surface area (Å²) in [5.41, 5.74) is 5.38. The van der Waals surface area contributed by atoms with Gasteiger partial charge in [-0.25, -0.2) is 9.59 Å². The van der Waals surface area contributed by atoms with Gasteiger partial charge in [0, 0.05) is 45.4 Å². The predicted molar refractivity (Wildman–Crippen MR) is 287 cm³/mol. The van der Waals surface area contributed by atoms with Crippen molar-refractivity contribution in [3.8, 4) is 0 Å². The first-order chi connectivity index (χ1) is 35.7. The number of rotatable bonds is 14. The molecule has 4 N–H and O–H groups in total. The van der Waals surface area contributed by atoms with E-state index in [1.54, 1.807) is 41.0 Å². The van der Waals surface area contributed by atoms with E-state index in [2.05, 4.69) is 39.5 Å². The molecular weight excluding hydrogens is 949 g/mol. The number of carbonyl (C=O) groups excluding carboxylic acids is 6. The van der Waals surface area contributed by atoms with Crippen LogP contribution in [0.25, 0.3) is 10.9 Å². The zero-order chi connectivity index (χ0) is 53.8. The van der Waals surface area contributed by atoms with Gasteiger partial charge < -0.3 is 40.5 Å². The molecule has 0 saturated carbocycles. The Morgan fingerprint density at radius 2 is 1.53 bits per heavy atom. The van der Waals surface area contributed by atoms with E-state index < -0.39 is 65.2 Å². The second-order valence-electron chi connectivity index (χ2n) is 22.4. The van der Waals surface area contributed by atoms with E-state index in [0.717, 1.165) is 46.9 Å². The molecule has 6 amide bonds. The number of benzene rings is 4. The van der Waals surface area contributed by atoms with Crippen LogP contribution in [-0.4, -0.2) is 118 Å². The summed E-state index contributed by atoms with van der Waals surface area (Å²) in [5, 5.41) is 13.6. The number of hydrogen-bond acceptors (Lipinski definition) is 9. The first kappa shape index (κ1) is 54.2. The van der Waals surface area contributed by atoms with Crippen LogP contribution in [0, 0.1) is 5.41 Å². The normalized spacial score (nSPS) is 19.7. The molecule has 3 heterocycles. The van der Waals surface area contributed by atoms with E-state index in [1.165, 1.54) is 32.5 Å². The number of methoxy groups -OCH3 is 1. The number of aryl methyl sites for hydroxylation is 1. The van der Waals surface area contributed by atoms with E-state index in [-0.39, 0.29) is 50.0 Å². The maximum atomic E-state index is 15.0. The van der Waals surface area contributed by atoms with Crippen molar-refractivity contribution in [2.45, 2.75) is 142 Å². The summed E-state index contributed by atoms with van der Waals surface area (Å²) in [5.74, 6) is -1.45. The van der Waals surface area contributed by atoms with Crippen LogP contribution in [0.4, 0.5) is 9.59 Å². The van der Waals surface area contributed by atoms with Gasteiger partial charge in [-0.3, -0.25) is 28.6 Å². The van der Waals surface area contributed by atoms with Crippen LogP contribution in [0.3, 0.4) is 0 Å². The minimum atomic E-state index is -1.11. The molecule has 2 aliphatic heterocycles. The fraction of sp³-hybridized carbons (Fsp3) is 0.458. The highest BCUT2D eigenvalue weighted by molar-refractivity contribution is 5.96. The average molecular weight is 1020 g/mol. The Morgan fingerprint density at radius 1 is 0.840 bits per heavy atom. The van der Waals surface area contributed by atoms with Gasteiger partial charge in [0.15, 0.2) is 0 Å². The van der Waals surface area contributed by atoms with Gasteiger partial charge in [0.1, 0.15) is 23.7 Å². The second kappa shape index (κ2) is 22.8. The van der Waals surface area contributed by atoms with E-state index in [9.17, 15) is 24.0 Å². The molecule has 1 aromatic heterocycles. The molecule has 0 spiro atoms. The van der Waals surface area contributed by atoms with Gasteiger partial charge in [-0.05, 0) is 117 Å². The van der Waals surface area contributed by atoms with Crippen molar-refractivity contribution in [1.29, 1.82) is 0 Å². The van der Waals surface area contributed by atoms with E-state index in [1.807, 2.05) is 111 Å². The number of ether oxygens (including phenoxy) is 2. The Labute approximate surface area is 440 Å². The van der Waals surface area contributed by atoms with E-state index in [0.29, 0.717) is 18.5 Å². The third-order valence-electron chi connectivity index (χ3n) is 14.8. The van der Waals surface area contributed by atoms with Crippen molar-refractivity contribution in [3.05, 3.63) is 143 Å². The third-order valence-corrected chi connectivity index (χ3v) is 14.8. The van der Waals surface area contributed by atoms with E-state index in [4.69, 9.17) is 9.47 Å². The van der Waals surface area contributed by atoms with Crippen LogP contribution in [0.2, 0.25) is 0 Å². The molecule has 8 rings (SSSR count). The molecule has 4 aromatic carbocycles. The Bertz CT molecular complexity index is 2890. The molecule has 1 aliphatic carbocycles. The van der Waals surface area contributed by atoms with Gasteiger partial charge in [0.05, 0.1) is 36.3 Å². The summed E-state index contributed by atoms with van der Waals surface area (Å²) in [6.07, 6.45) is 4.22. The summed E-state index contributed by atoms with van der Waals surface area (Å²) >= 11 is 0. The minimum absolute atomic E-state index is 0.00155. The largest absolute Gasteiger partial charge is 0.444 e. The fourth-order valence-corrected chi connectivity index (χ4v) is 10.6. The molecule has 3 aliphatic rings. The van der Waals surface area contributed by atoms with Gasteiger partial charge in [0.2, 0.25) is 23.6 Å². The molecule has 1 saturated heterocycles. The van der Waals surface area contributed by atoms with Crippen LogP contribution in [0.5, 0.6) is 0 Å². The van der Waals surface area contributed by atoms with Crippen molar-refractivity contribution in [2.24, 2.45) is 5.41 Å². The smallest absolute Gasteiger partial charge is 0.410 e. The molecule has 16 nitrogen and oxygen atoms in total. The lowest BCUT2D eigenvalue weighted by Gasteiger charge is -2.37. The van der Waals surface area contributed by atoms with Crippen LogP contribution in [-0.2, 0) is 54.6 Å². The summed E-state index contributed by atoms with van der Waals surface area (Å²) in [6, 6.07) is 28.5.